The van der Waals surface area contributed by atoms with Gasteiger partial charge in [0.05, 0.1) is 18.5 Å². The van der Waals surface area contributed by atoms with Gasteiger partial charge < -0.3 is 10.1 Å². The lowest BCUT2D eigenvalue weighted by Crippen LogP contribution is -2.43. The van der Waals surface area contributed by atoms with Crippen molar-refractivity contribution in [1.29, 1.82) is 0 Å². The normalized spacial score (nSPS) is 20.2. The molecule has 2 aromatic carbocycles. The van der Waals surface area contributed by atoms with Crippen molar-refractivity contribution in [3.63, 3.8) is 0 Å². The fraction of sp³-hybridized carbons (Fsp3) is 0.211. The topological polar surface area (TPSA) is 104 Å². The summed E-state index contributed by atoms with van der Waals surface area (Å²) in [4.78, 5) is 38.8. The van der Waals surface area contributed by atoms with E-state index in [-0.39, 0.29) is 12.2 Å². The molecule has 0 aromatic heterocycles. The highest BCUT2D eigenvalue weighted by Crippen LogP contribution is 2.32. The van der Waals surface area contributed by atoms with Gasteiger partial charge in [0, 0.05) is 0 Å². The van der Waals surface area contributed by atoms with Crippen LogP contribution in [0.15, 0.2) is 58.9 Å². The van der Waals surface area contributed by atoms with E-state index in [4.69, 9.17) is 4.74 Å². The van der Waals surface area contributed by atoms with Crippen molar-refractivity contribution >= 4 is 29.1 Å². The standard InChI is InChI=1S/C19H16FN5O4/c1-29-12-8-6-11(7-9-12)25-18(27)16-17(19(25)28)24(23-22-16)10-15(26)21-14-5-3-2-4-13(14)20/h2-9,16-17H,10H2,1H3,(H,21,26)/t16-,17+/m0/s1. The molecule has 2 aromatic rings. The number of nitrogens with one attached hydrogen (secondary N) is 1. The molecule has 0 saturated carbocycles. The lowest BCUT2D eigenvalue weighted by Gasteiger charge is -2.20. The van der Waals surface area contributed by atoms with Crippen molar-refractivity contribution in [2.45, 2.75) is 12.1 Å². The number of hydrogen-bond acceptors (Lipinski definition) is 7. The Balaban J connectivity index is 1.49. The maximum atomic E-state index is 13.7. The van der Waals surface area contributed by atoms with E-state index in [0.29, 0.717) is 11.4 Å². The fourth-order valence-corrected chi connectivity index (χ4v) is 3.24. The van der Waals surface area contributed by atoms with Crippen molar-refractivity contribution < 1.29 is 23.5 Å². The van der Waals surface area contributed by atoms with Crippen LogP contribution in [0.3, 0.4) is 0 Å². The number of halogens is 1. The van der Waals surface area contributed by atoms with Gasteiger partial charge in [-0.05, 0) is 36.4 Å². The molecule has 0 aliphatic carbocycles. The first kappa shape index (κ1) is 18.5. The largest absolute Gasteiger partial charge is 0.497 e. The highest BCUT2D eigenvalue weighted by molar-refractivity contribution is 6.25. The van der Waals surface area contributed by atoms with Gasteiger partial charge in [0.25, 0.3) is 11.8 Å². The zero-order valence-electron chi connectivity index (χ0n) is 15.3. The number of rotatable bonds is 5. The number of carbonyl (C=O) groups is 3. The Morgan fingerprint density at radius 3 is 2.55 bits per heavy atom. The minimum absolute atomic E-state index is 0.0128. The number of anilines is 2. The Kier molecular flexibility index (Phi) is 4.67. The summed E-state index contributed by atoms with van der Waals surface area (Å²) in [7, 11) is 1.51. The van der Waals surface area contributed by atoms with Crippen LogP contribution in [-0.2, 0) is 14.4 Å². The molecule has 1 fully saturated rings. The van der Waals surface area contributed by atoms with Crippen molar-refractivity contribution in [3.8, 4) is 5.75 Å². The van der Waals surface area contributed by atoms with Crippen LogP contribution in [0.25, 0.3) is 0 Å². The zero-order valence-corrected chi connectivity index (χ0v) is 15.3. The van der Waals surface area contributed by atoms with E-state index in [1.807, 2.05) is 0 Å². The molecule has 0 bridgehead atoms. The van der Waals surface area contributed by atoms with Gasteiger partial charge in [-0.15, -0.1) is 0 Å². The first-order chi connectivity index (χ1) is 14.0. The smallest absolute Gasteiger partial charge is 0.263 e. The lowest BCUT2D eigenvalue weighted by atomic mass is 10.1. The first-order valence-corrected chi connectivity index (χ1v) is 8.73. The average Bonchev–Trinajstić information content (AvgIpc) is 3.23. The van der Waals surface area contributed by atoms with Crippen molar-refractivity contribution in [3.05, 3.63) is 54.3 Å². The predicted octanol–water partition coefficient (Wildman–Crippen LogP) is 1.77. The van der Waals surface area contributed by atoms with E-state index in [2.05, 4.69) is 15.7 Å². The van der Waals surface area contributed by atoms with Crippen molar-refractivity contribution in [2.75, 3.05) is 23.9 Å². The van der Waals surface area contributed by atoms with Gasteiger partial charge in [-0.3, -0.25) is 19.4 Å². The summed E-state index contributed by atoms with van der Waals surface area (Å²) >= 11 is 0. The third-order valence-corrected chi connectivity index (χ3v) is 4.64. The number of ether oxygens (including phenoxy) is 1. The molecule has 0 spiro atoms. The molecule has 1 N–H and O–H groups in total. The van der Waals surface area contributed by atoms with E-state index in [9.17, 15) is 18.8 Å². The summed E-state index contributed by atoms with van der Waals surface area (Å²) in [5, 5.41) is 11.2. The molecule has 3 amide bonds. The van der Waals surface area contributed by atoms with E-state index < -0.39 is 35.6 Å². The molecule has 0 unspecified atom stereocenters. The molecule has 2 atom stereocenters. The number of carbonyl (C=O) groups excluding carboxylic acids is 3. The number of methoxy groups -OCH3 is 1. The predicted molar refractivity (Wildman–Crippen MR) is 99.7 cm³/mol. The van der Waals surface area contributed by atoms with Crippen molar-refractivity contribution in [2.24, 2.45) is 10.3 Å². The number of hydrogen-bond donors (Lipinski definition) is 1. The monoisotopic (exact) mass is 397 g/mol. The van der Waals surface area contributed by atoms with Crippen LogP contribution >= 0.6 is 0 Å². The number of nitrogens with zero attached hydrogens (tertiary/aromatic N) is 4. The number of imide groups is 1. The molecule has 1 saturated heterocycles. The Bertz CT molecular complexity index is 1010. The van der Waals surface area contributed by atoms with E-state index in [1.165, 1.54) is 25.3 Å². The van der Waals surface area contributed by atoms with Crippen LogP contribution < -0.4 is 15.0 Å². The van der Waals surface area contributed by atoms with Gasteiger partial charge in [0.2, 0.25) is 5.91 Å². The van der Waals surface area contributed by atoms with Crippen LogP contribution in [0.4, 0.5) is 15.8 Å². The lowest BCUT2D eigenvalue weighted by molar-refractivity contribution is -0.123. The van der Waals surface area contributed by atoms with E-state index in [0.717, 1.165) is 9.91 Å². The Hall–Kier alpha value is -3.82. The third kappa shape index (κ3) is 3.28. The highest BCUT2D eigenvalue weighted by atomic mass is 19.1. The van der Waals surface area contributed by atoms with Gasteiger partial charge in [-0.2, -0.15) is 5.11 Å². The first-order valence-electron chi connectivity index (χ1n) is 8.73. The van der Waals surface area contributed by atoms with Gasteiger partial charge in [-0.25, -0.2) is 9.29 Å². The van der Waals surface area contributed by atoms with Crippen LogP contribution in [0.5, 0.6) is 5.75 Å². The Morgan fingerprint density at radius 2 is 1.86 bits per heavy atom. The van der Waals surface area contributed by atoms with Gasteiger partial charge in [0.15, 0.2) is 12.1 Å². The second-order valence-corrected chi connectivity index (χ2v) is 6.43. The average molecular weight is 397 g/mol. The molecule has 9 nitrogen and oxygen atoms in total. The summed E-state index contributed by atoms with van der Waals surface area (Å²) < 4.78 is 18.8. The number of amides is 3. The summed E-state index contributed by atoms with van der Waals surface area (Å²) in [6.07, 6.45) is 0. The molecule has 29 heavy (non-hydrogen) atoms. The van der Waals surface area contributed by atoms with Crippen LogP contribution in [-0.4, -0.2) is 48.5 Å². The number of fused-ring (bicyclic) bond motifs is 1. The summed E-state index contributed by atoms with van der Waals surface area (Å²) in [5.41, 5.74) is 0.389. The second-order valence-electron chi connectivity index (χ2n) is 6.43. The molecule has 2 heterocycles. The molecule has 4 rings (SSSR count). The Morgan fingerprint density at radius 1 is 1.14 bits per heavy atom. The zero-order chi connectivity index (χ0) is 20.5. The highest BCUT2D eigenvalue weighted by Gasteiger charge is 2.55. The second kappa shape index (κ2) is 7.30. The van der Waals surface area contributed by atoms with Crippen molar-refractivity contribution in [1.82, 2.24) is 5.01 Å². The molecular weight excluding hydrogens is 381 g/mol. The quantitative estimate of drug-likeness (QED) is 0.775. The van der Waals surface area contributed by atoms with Gasteiger partial charge >= 0.3 is 0 Å². The molecule has 2 aliphatic heterocycles. The number of benzene rings is 2. The van der Waals surface area contributed by atoms with Crippen LogP contribution in [0.2, 0.25) is 0 Å². The SMILES string of the molecule is COc1ccc(N2C(=O)[C@H]3N=NN(CC(=O)Nc4ccccc4F)[C@H]3C2=O)cc1. The summed E-state index contributed by atoms with van der Waals surface area (Å²) in [6.45, 7) is -0.353. The third-order valence-electron chi connectivity index (χ3n) is 4.64. The molecular formula is C19H16FN5O4. The van der Waals surface area contributed by atoms with Crippen LogP contribution in [0, 0.1) is 5.82 Å². The van der Waals surface area contributed by atoms with Gasteiger partial charge in [-0.1, -0.05) is 17.4 Å². The fourth-order valence-electron chi connectivity index (χ4n) is 3.24. The summed E-state index contributed by atoms with van der Waals surface area (Å²) in [5.74, 6) is -1.64. The molecule has 10 heteroatoms. The maximum absolute atomic E-state index is 13.7. The van der Waals surface area contributed by atoms with E-state index in [1.54, 1.807) is 30.3 Å². The molecule has 2 aliphatic rings. The summed E-state index contributed by atoms with van der Waals surface area (Å²) in [6, 6.07) is 10.1. The Labute approximate surface area is 164 Å². The minimum atomic E-state index is -1.02. The van der Waals surface area contributed by atoms with Gasteiger partial charge in [0.1, 0.15) is 18.1 Å². The molecule has 0 radical (unpaired) electrons. The number of para-hydroxylation sites is 1. The van der Waals surface area contributed by atoms with E-state index >= 15 is 0 Å². The van der Waals surface area contributed by atoms with Crippen LogP contribution in [0.1, 0.15) is 0 Å². The minimum Gasteiger partial charge on any atom is -0.497 e. The maximum Gasteiger partial charge on any atom is 0.263 e. The molecule has 148 valence electrons.